The third-order valence-corrected chi connectivity index (χ3v) is 3.56. The Labute approximate surface area is 106 Å². The molecule has 0 aliphatic rings. The third kappa shape index (κ3) is 3.24. The summed E-state index contributed by atoms with van der Waals surface area (Å²) >= 11 is 1.58. The van der Waals surface area contributed by atoms with Crippen molar-refractivity contribution in [3.63, 3.8) is 0 Å². The van der Waals surface area contributed by atoms with Crippen LogP contribution in [-0.4, -0.2) is 16.1 Å². The first-order valence-corrected chi connectivity index (χ1v) is 6.48. The Morgan fingerprint density at radius 3 is 2.53 bits per heavy atom. The highest BCUT2D eigenvalue weighted by Gasteiger charge is 2.07. The number of hydrogen-bond donors (Lipinski definition) is 0. The van der Waals surface area contributed by atoms with Gasteiger partial charge in [0.1, 0.15) is 0 Å². The van der Waals surface area contributed by atoms with E-state index in [4.69, 9.17) is 0 Å². The maximum absolute atomic E-state index is 11.9. The molecule has 17 heavy (non-hydrogen) atoms. The molecule has 2 aromatic rings. The molecule has 0 radical (unpaired) electrons. The van der Waals surface area contributed by atoms with Crippen molar-refractivity contribution in [2.45, 2.75) is 11.8 Å². The fraction of sp³-hybridized carbons (Fsp3) is 0.214. The average Bonchev–Trinajstić information content (AvgIpc) is 2.75. The molecule has 3 heteroatoms. The number of rotatable bonds is 4. The van der Waals surface area contributed by atoms with Crippen molar-refractivity contribution in [2.75, 3.05) is 5.75 Å². The zero-order valence-electron chi connectivity index (χ0n) is 10.0. The lowest BCUT2D eigenvalue weighted by atomic mass is 10.2. The lowest BCUT2D eigenvalue weighted by molar-refractivity contribution is 0.102. The van der Waals surface area contributed by atoms with Crippen LogP contribution in [0.5, 0.6) is 0 Å². The quantitative estimate of drug-likeness (QED) is 0.609. The van der Waals surface area contributed by atoms with Gasteiger partial charge in [0.15, 0.2) is 5.78 Å². The molecular formula is C14H15NOS. The number of carbonyl (C=O) groups excluding carboxylic acids is 1. The van der Waals surface area contributed by atoms with E-state index in [0.29, 0.717) is 5.75 Å². The Bertz CT molecular complexity index is 513. The fourth-order valence-corrected chi connectivity index (χ4v) is 2.33. The first kappa shape index (κ1) is 12.0. The molecule has 0 saturated heterocycles. The van der Waals surface area contributed by atoms with Crippen molar-refractivity contribution in [3.8, 4) is 0 Å². The number of Topliss-reactive ketones (excluding diaryl/α,β-unsaturated/α-hetero) is 1. The van der Waals surface area contributed by atoms with Crippen LogP contribution in [0.1, 0.15) is 15.9 Å². The number of aryl methyl sites for hydroxylation is 2. The maximum Gasteiger partial charge on any atom is 0.174 e. The molecule has 0 unspecified atom stereocenters. The van der Waals surface area contributed by atoms with E-state index in [-0.39, 0.29) is 5.78 Å². The van der Waals surface area contributed by atoms with Crippen LogP contribution in [0.25, 0.3) is 0 Å². The number of thioether (sulfide) groups is 1. The van der Waals surface area contributed by atoms with Gasteiger partial charge in [-0.2, -0.15) is 0 Å². The summed E-state index contributed by atoms with van der Waals surface area (Å²) in [5.74, 6) is 0.670. The number of carbonyl (C=O) groups is 1. The van der Waals surface area contributed by atoms with Gasteiger partial charge in [-0.25, -0.2) is 0 Å². The molecule has 0 amide bonds. The molecule has 1 aromatic heterocycles. The van der Waals surface area contributed by atoms with Gasteiger partial charge in [-0.1, -0.05) is 17.7 Å². The number of benzene rings is 1. The Morgan fingerprint density at radius 2 is 1.94 bits per heavy atom. The molecule has 0 spiro atoms. The lowest BCUT2D eigenvalue weighted by Gasteiger charge is -2.00. The topological polar surface area (TPSA) is 22.0 Å². The van der Waals surface area contributed by atoms with Crippen molar-refractivity contribution in [3.05, 3.63) is 53.9 Å². The number of hydrogen-bond acceptors (Lipinski definition) is 2. The van der Waals surface area contributed by atoms with Crippen LogP contribution < -0.4 is 0 Å². The average molecular weight is 245 g/mol. The zero-order chi connectivity index (χ0) is 12.3. The summed E-state index contributed by atoms with van der Waals surface area (Å²) in [7, 11) is 1.92. The van der Waals surface area contributed by atoms with Gasteiger partial charge in [-0.15, -0.1) is 11.8 Å². The second kappa shape index (κ2) is 5.23. The van der Waals surface area contributed by atoms with Crippen molar-refractivity contribution < 1.29 is 4.79 Å². The van der Waals surface area contributed by atoms with Gasteiger partial charge in [0.2, 0.25) is 0 Å². The van der Waals surface area contributed by atoms with E-state index in [1.807, 2.05) is 30.1 Å². The fourth-order valence-electron chi connectivity index (χ4n) is 1.53. The molecular weight excluding hydrogens is 230 g/mol. The van der Waals surface area contributed by atoms with Crippen molar-refractivity contribution >= 4 is 17.5 Å². The Balaban J connectivity index is 1.94. The molecule has 0 saturated carbocycles. The Hall–Kier alpha value is -1.48. The van der Waals surface area contributed by atoms with Gasteiger partial charge < -0.3 is 4.57 Å². The van der Waals surface area contributed by atoms with Crippen LogP contribution >= 0.6 is 11.8 Å². The van der Waals surface area contributed by atoms with Gasteiger partial charge in [0, 0.05) is 29.9 Å². The largest absolute Gasteiger partial charge is 0.357 e. The molecule has 2 rings (SSSR count). The zero-order valence-corrected chi connectivity index (χ0v) is 10.8. The summed E-state index contributed by atoms with van der Waals surface area (Å²) in [6, 6.07) is 10.1. The highest BCUT2D eigenvalue weighted by molar-refractivity contribution is 8.00. The van der Waals surface area contributed by atoms with Crippen molar-refractivity contribution in [1.82, 2.24) is 4.57 Å². The van der Waals surface area contributed by atoms with Gasteiger partial charge in [-0.3, -0.25) is 4.79 Å². The number of nitrogens with zero attached hydrogens (tertiary/aromatic N) is 1. The SMILES string of the molecule is Cc1ccc(SCC(=O)c2ccn(C)c2)cc1. The second-order valence-corrected chi connectivity index (χ2v) is 5.14. The molecule has 0 aliphatic heterocycles. The summed E-state index contributed by atoms with van der Waals surface area (Å²) in [4.78, 5) is 13.0. The van der Waals surface area contributed by atoms with Crippen LogP contribution in [0, 0.1) is 6.92 Å². The minimum atomic E-state index is 0.177. The van der Waals surface area contributed by atoms with E-state index >= 15 is 0 Å². The van der Waals surface area contributed by atoms with E-state index in [1.54, 1.807) is 11.8 Å². The van der Waals surface area contributed by atoms with E-state index in [1.165, 1.54) is 5.56 Å². The second-order valence-electron chi connectivity index (χ2n) is 4.09. The normalized spacial score (nSPS) is 10.5. The standard InChI is InChI=1S/C14H15NOS/c1-11-3-5-13(6-4-11)17-10-14(16)12-7-8-15(2)9-12/h3-9H,10H2,1-2H3. The minimum absolute atomic E-state index is 0.177. The summed E-state index contributed by atoms with van der Waals surface area (Å²) in [5, 5.41) is 0. The number of ketones is 1. The molecule has 0 fully saturated rings. The van der Waals surface area contributed by atoms with Crippen LogP contribution in [0.15, 0.2) is 47.6 Å². The molecule has 1 aromatic carbocycles. The maximum atomic E-state index is 11.9. The summed E-state index contributed by atoms with van der Waals surface area (Å²) in [6.07, 6.45) is 3.75. The predicted octanol–water partition coefficient (Wildman–Crippen LogP) is 3.31. The first-order chi connectivity index (χ1) is 8.15. The number of aromatic nitrogens is 1. The van der Waals surface area contributed by atoms with Gasteiger partial charge in [-0.05, 0) is 25.1 Å². The molecule has 2 nitrogen and oxygen atoms in total. The van der Waals surface area contributed by atoms with E-state index < -0.39 is 0 Å². The Kier molecular flexibility index (Phi) is 3.69. The molecule has 0 aliphatic carbocycles. The first-order valence-electron chi connectivity index (χ1n) is 5.50. The van der Waals surface area contributed by atoms with Crippen molar-refractivity contribution in [2.24, 2.45) is 7.05 Å². The van der Waals surface area contributed by atoms with E-state index in [9.17, 15) is 4.79 Å². The van der Waals surface area contributed by atoms with Crippen LogP contribution in [0.4, 0.5) is 0 Å². The molecule has 0 atom stereocenters. The van der Waals surface area contributed by atoms with E-state index in [2.05, 4.69) is 31.2 Å². The van der Waals surface area contributed by atoms with Crippen LogP contribution in [0.3, 0.4) is 0 Å². The summed E-state index contributed by atoms with van der Waals surface area (Å²) < 4.78 is 1.89. The minimum Gasteiger partial charge on any atom is -0.357 e. The van der Waals surface area contributed by atoms with Crippen LogP contribution in [-0.2, 0) is 7.05 Å². The molecule has 0 N–H and O–H groups in total. The smallest absolute Gasteiger partial charge is 0.174 e. The third-order valence-electron chi connectivity index (χ3n) is 2.54. The van der Waals surface area contributed by atoms with Gasteiger partial charge >= 0.3 is 0 Å². The highest BCUT2D eigenvalue weighted by Crippen LogP contribution is 2.19. The predicted molar refractivity (Wildman–Crippen MR) is 71.6 cm³/mol. The van der Waals surface area contributed by atoms with E-state index in [0.717, 1.165) is 10.5 Å². The molecule has 88 valence electrons. The molecule has 0 bridgehead atoms. The summed E-state index contributed by atoms with van der Waals surface area (Å²) in [5.41, 5.74) is 2.02. The van der Waals surface area contributed by atoms with Gasteiger partial charge in [0.05, 0.1) is 5.75 Å². The highest BCUT2D eigenvalue weighted by atomic mass is 32.2. The van der Waals surface area contributed by atoms with Crippen LogP contribution in [0.2, 0.25) is 0 Å². The monoisotopic (exact) mass is 245 g/mol. The lowest BCUT2D eigenvalue weighted by Crippen LogP contribution is -2.00. The van der Waals surface area contributed by atoms with Crippen molar-refractivity contribution in [1.29, 1.82) is 0 Å². The molecule has 1 heterocycles. The van der Waals surface area contributed by atoms with Gasteiger partial charge in [0.25, 0.3) is 0 Å². The Morgan fingerprint density at radius 1 is 1.24 bits per heavy atom. The summed E-state index contributed by atoms with van der Waals surface area (Å²) in [6.45, 7) is 2.06.